The van der Waals surface area contributed by atoms with Crippen molar-refractivity contribution >= 4 is 22.9 Å². The van der Waals surface area contributed by atoms with Crippen LogP contribution in [0.5, 0.6) is 0 Å². The molecule has 25 heavy (non-hydrogen) atoms. The van der Waals surface area contributed by atoms with Crippen molar-refractivity contribution in [1.82, 2.24) is 9.97 Å². The molecular formula is C20H21N3OS. The molecule has 128 valence electrons. The number of pyridine rings is 1. The van der Waals surface area contributed by atoms with Crippen LogP contribution in [0.15, 0.2) is 48.1 Å². The van der Waals surface area contributed by atoms with E-state index in [1.54, 1.807) is 23.7 Å². The quantitative estimate of drug-likeness (QED) is 0.703. The zero-order valence-electron chi connectivity index (χ0n) is 14.5. The summed E-state index contributed by atoms with van der Waals surface area (Å²) in [6, 6.07) is 10.1. The Kier molecular flexibility index (Phi) is 5.56. The lowest BCUT2D eigenvalue weighted by Crippen LogP contribution is -2.13. The lowest BCUT2D eigenvalue weighted by molar-refractivity contribution is -0.116. The first-order valence-corrected chi connectivity index (χ1v) is 9.28. The molecule has 0 fully saturated rings. The molecule has 2 heterocycles. The molecule has 0 radical (unpaired) electrons. The summed E-state index contributed by atoms with van der Waals surface area (Å²) in [5.74, 6) is 0.0230. The van der Waals surface area contributed by atoms with Crippen LogP contribution in [0, 0.1) is 6.92 Å². The van der Waals surface area contributed by atoms with Crippen LogP contribution in [0.2, 0.25) is 0 Å². The Balaban J connectivity index is 1.59. The summed E-state index contributed by atoms with van der Waals surface area (Å²) in [4.78, 5) is 20.9. The van der Waals surface area contributed by atoms with Gasteiger partial charge in [0.25, 0.3) is 0 Å². The highest BCUT2D eigenvalue weighted by Crippen LogP contribution is 2.23. The molecule has 1 N–H and O–H groups in total. The second-order valence-electron chi connectivity index (χ2n) is 5.93. The second kappa shape index (κ2) is 8.03. The first-order valence-electron chi connectivity index (χ1n) is 8.40. The highest BCUT2D eigenvalue weighted by molar-refractivity contribution is 7.13. The topological polar surface area (TPSA) is 54.9 Å². The van der Waals surface area contributed by atoms with Crippen LogP contribution >= 0.6 is 11.3 Å². The standard InChI is InChI=1S/C20H21N3OS/c1-3-15-5-4-14(2)18(12-15)23-19(24)7-6-17-13-25-20(22-17)16-8-10-21-11-9-16/h4-5,8-13H,3,6-7H2,1-2H3,(H,23,24). The third-order valence-corrected chi connectivity index (χ3v) is 5.01. The smallest absolute Gasteiger partial charge is 0.224 e. The van der Waals surface area contributed by atoms with E-state index in [0.717, 1.165) is 33.9 Å². The number of thiazole rings is 1. The summed E-state index contributed by atoms with van der Waals surface area (Å²) in [6.45, 7) is 4.12. The van der Waals surface area contributed by atoms with Crippen LogP contribution < -0.4 is 5.32 Å². The van der Waals surface area contributed by atoms with Gasteiger partial charge in [-0.2, -0.15) is 0 Å². The molecule has 0 aliphatic carbocycles. The van der Waals surface area contributed by atoms with Crippen molar-refractivity contribution < 1.29 is 4.79 Å². The maximum absolute atomic E-state index is 12.3. The second-order valence-corrected chi connectivity index (χ2v) is 6.79. The van der Waals surface area contributed by atoms with Gasteiger partial charge in [0, 0.05) is 35.4 Å². The first-order chi connectivity index (χ1) is 12.2. The number of aryl methyl sites for hydroxylation is 3. The van der Waals surface area contributed by atoms with Crippen molar-refractivity contribution in [3.8, 4) is 10.6 Å². The van der Waals surface area contributed by atoms with E-state index >= 15 is 0 Å². The molecule has 4 nitrogen and oxygen atoms in total. The predicted octanol–water partition coefficient (Wildman–Crippen LogP) is 4.65. The van der Waals surface area contributed by atoms with E-state index in [-0.39, 0.29) is 5.91 Å². The fraction of sp³-hybridized carbons (Fsp3) is 0.250. The van der Waals surface area contributed by atoms with Crippen molar-refractivity contribution in [2.24, 2.45) is 0 Å². The number of amides is 1. The van der Waals surface area contributed by atoms with Gasteiger partial charge in [0.05, 0.1) is 5.69 Å². The van der Waals surface area contributed by atoms with E-state index in [1.165, 1.54) is 5.56 Å². The molecule has 0 aliphatic rings. The number of anilines is 1. The molecule has 0 saturated carbocycles. The van der Waals surface area contributed by atoms with Gasteiger partial charge in [0.1, 0.15) is 5.01 Å². The summed E-state index contributed by atoms with van der Waals surface area (Å²) < 4.78 is 0. The molecule has 1 aromatic carbocycles. The Morgan fingerprint density at radius 1 is 1.20 bits per heavy atom. The van der Waals surface area contributed by atoms with Gasteiger partial charge >= 0.3 is 0 Å². The summed E-state index contributed by atoms with van der Waals surface area (Å²) in [5, 5.41) is 6.00. The van der Waals surface area contributed by atoms with Gasteiger partial charge in [0.15, 0.2) is 0 Å². The van der Waals surface area contributed by atoms with Crippen LogP contribution in [-0.4, -0.2) is 15.9 Å². The fourth-order valence-corrected chi connectivity index (χ4v) is 3.39. The number of rotatable bonds is 6. The molecule has 0 aliphatic heterocycles. The van der Waals surface area contributed by atoms with Crippen LogP contribution in [0.3, 0.4) is 0 Å². The lowest BCUT2D eigenvalue weighted by Gasteiger charge is -2.09. The van der Waals surface area contributed by atoms with Crippen molar-refractivity contribution in [2.75, 3.05) is 5.32 Å². The van der Waals surface area contributed by atoms with Crippen LogP contribution in [0.4, 0.5) is 5.69 Å². The summed E-state index contributed by atoms with van der Waals surface area (Å²) in [7, 11) is 0. The zero-order chi connectivity index (χ0) is 17.6. The molecule has 2 aromatic heterocycles. The van der Waals surface area contributed by atoms with Gasteiger partial charge < -0.3 is 5.32 Å². The number of aromatic nitrogens is 2. The minimum Gasteiger partial charge on any atom is -0.326 e. The van der Waals surface area contributed by atoms with Crippen molar-refractivity contribution in [1.29, 1.82) is 0 Å². The van der Waals surface area contributed by atoms with Gasteiger partial charge in [-0.05, 0) is 49.1 Å². The number of hydrogen-bond acceptors (Lipinski definition) is 4. The Hall–Kier alpha value is -2.53. The average Bonchev–Trinajstić information content (AvgIpc) is 3.12. The number of nitrogens with one attached hydrogen (secondary N) is 1. The molecule has 0 atom stereocenters. The molecule has 5 heteroatoms. The van der Waals surface area contributed by atoms with Crippen molar-refractivity contribution in [3.05, 3.63) is 64.9 Å². The normalized spacial score (nSPS) is 10.6. The van der Waals surface area contributed by atoms with Crippen LogP contribution in [-0.2, 0) is 17.6 Å². The maximum atomic E-state index is 12.3. The minimum absolute atomic E-state index is 0.0230. The first kappa shape index (κ1) is 17.3. The zero-order valence-corrected chi connectivity index (χ0v) is 15.3. The van der Waals surface area contributed by atoms with Crippen LogP contribution in [0.1, 0.15) is 30.2 Å². The van der Waals surface area contributed by atoms with Gasteiger partial charge in [-0.3, -0.25) is 9.78 Å². The Morgan fingerprint density at radius 3 is 2.76 bits per heavy atom. The number of benzene rings is 1. The lowest BCUT2D eigenvalue weighted by atomic mass is 10.1. The van der Waals surface area contributed by atoms with E-state index in [9.17, 15) is 4.79 Å². The van der Waals surface area contributed by atoms with E-state index in [1.807, 2.05) is 24.4 Å². The molecular weight excluding hydrogens is 330 g/mol. The molecule has 1 amide bonds. The van der Waals surface area contributed by atoms with Gasteiger partial charge in [0.2, 0.25) is 5.91 Å². The van der Waals surface area contributed by atoms with Gasteiger partial charge in [-0.25, -0.2) is 4.98 Å². The van der Waals surface area contributed by atoms with E-state index < -0.39 is 0 Å². The van der Waals surface area contributed by atoms with E-state index in [2.05, 4.69) is 40.4 Å². The summed E-state index contributed by atoms with van der Waals surface area (Å²) in [5.41, 5.74) is 5.22. The Labute approximate surface area is 152 Å². The third-order valence-electron chi connectivity index (χ3n) is 4.07. The molecule has 3 aromatic rings. The van der Waals surface area contributed by atoms with Crippen molar-refractivity contribution in [3.63, 3.8) is 0 Å². The minimum atomic E-state index is 0.0230. The van der Waals surface area contributed by atoms with E-state index in [0.29, 0.717) is 12.8 Å². The predicted molar refractivity (Wildman–Crippen MR) is 103 cm³/mol. The summed E-state index contributed by atoms with van der Waals surface area (Å²) in [6.07, 6.45) is 5.54. The monoisotopic (exact) mass is 351 g/mol. The maximum Gasteiger partial charge on any atom is 0.224 e. The largest absolute Gasteiger partial charge is 0.326 e. The summed E-state index contributed by atoms with van der Waals surface area (Å²) >= 11 is 1.60. The number of carbonyl (C=O) groups excluding carboxylic acids is 1. The molecule has 0 unspecified atom stereocenters. The fourth-order valence-electron chi connectivity index (χ4n) is 2.53. The molecule has 3 rings (SSSR count). The van der Waals surface area contributed by atoms with Gasteiger partial charge in [-0.15, -0.1) is 11.3 Å². The highest BCUT2D eigenvalue weighted by atomic mass is 32.1. The number of nitrogens with zero attached hydrogens (tertiary/aromatic N) is 2. The average molecular weight is 351 g/mol. The molecule has 0 bridgehead atoms. The molecule has 0 saturated heterocycles. The highest BCUT2D eigenvalue weighted by Gasteiger charge is 2.09. The van der Waals surface area contributed by atoms with Gasteiger partial charge in [-0.1, -0.05) is 19.1 Å². The number of carbonyl (C=O) groups is 1. The molecule has 0 spiro atoms. The van der Waals surface area contributed by atoms with Crippen molar-refractivity contribution in [2.45, 2.75) is 33.1 Å². The van der Waals surface area contributed by atoms with Crippen LogP contribution in [0.25, 0.3) is 10.6 Å². The van der Waals surface area contributed by atoms with E-state index in [4.69, 9.17) is 0 Å². The Bertz CT molecular complexity index is 858. The third kappa shape index (κ3) is 4.51. The number of hydrogen-bond donors (Lipinski definition) is 1. The SMILES string of the molecule is CCc1ccc(C)c(NC(=O)CCc2csc(-c3ccncc3)n2)c1. The Morgan fingerprint density at radius 2 is 2.00 bits per heavy atom.